The van der Waals surface area contributed by atoms with Crippen molar-refractivity contribution >= 4 is 12.0 Å². The van der Waals surface area contributed by atoms with Crippen LogP contribution < -0.4 is 9.47 Å². The summed E-state index contributed by atoms with van der Waals surface area (Å²) < 4.78 is 10.5. The minimum Gasteiger partial charge on any atom is -0.493 e. The number of carboxylic acids is 1. The van der Waals surface area contributed by atoms with E-state index in [1.165, 1.54) is 0 Å². The van der Waals surface area contributed by atoms with Crippen LogP contribution in [0.1, 0.15) is 11.1 Å². The molecule has 1 atom stereocenters. The lowest BCUT2D eigenvalue weighted by Gasteiger charge is -2.20. The van der Waals surface area contributed by atoms with Crippen LogP contribution in [0.2, 0.25) is 0 Å². The molecule has 0 fully saturated rings. The van der Waals surface area contributed by atoms with E-state index in [1.54, 1.807) is 20.3 Å². The van der Waals surface area contributed by atoms with E-state index in [1.807, 2.05) is 18.2 Å². The van der Waals surface area contributed by atoms with Crippen molar-refractivity contribution in [3.05, 3.63) is 29.3 Å². The summed E-state index contributed by atoms with van der Waals surface area (Å²) in [4.78, 5) is 11.0. The predicted molar refractivity (Wildman–Crippen MR) is 63.4 cm³/mol. The molecule has 0 aromatic heterocycles. The van der Waals surface area contributed by atoms with E-state index in [0.29, 0.717) is 17.9 Å². The summed E-state index contributed by atoms with van der Waals surface area (Å²) in [6.45, 7) is 0. The predicted octanol–water partition coefficient (Wildman–Crippen LogP) is 1.97. The summed E-state index contributed by atoms with van der Waals surface area (Å²) >= 11 is 0. The zero-order valence-corrected chi connectivity index (χ0v) is 9.77. The minimum absolute atomic E-state index is 0.432. The lowest BCUT2D eigenvalue weighted by Crippen LogP contribution is -2.17. The molecular weight excluding hydrogens is 220 g/mol. The number of ether oxygens (including phenoxy) is 2. The van der Waals surface area contributed by atoms with Gasteiger partial charge in [-0.25, -0.2) is 0 Å². The molecule has 0 bridgehead atoms. The molecule has 1 unspecified atom stereocenters. The third kappa shape index (κ3) is 1.98. The van der Waals surface area contributed by atoms with Gasteiger partial charge in [-0.2, -0.15) is 0 Å². The van der Waals surface area contributed by atoms with Crippen molar-refractivity contribution in [1.82, 2.24) is 0 Å². The van der Waals surface area contributed by atoms with Crippen molar-refractivity contribution in [1.29, 1.82) is 0 Å². The molecule has 0 radical (unpaired) electrons. The summed E-state index contributed by atoms with van der Waals surface area (Å²) in [5.74, 6) is -0.0634. The highest BCUT2D eigenvalue weighted by molar-refractivity contribution is 5.77. The molecule has 1 aliphatic carbocycles. The molecule has 2 rings (SSSR count). The summed E-state index contributed by atoms with van der Waals surface area (Å²) in [5, 5.41) is 9.03. The van der Waals surface area contributed by atoms with Gasteiger partial charge in [-0.05, 0) is 18.1 Å². The van der Waals surface area contributed by atoms with Crippen molar-refractivity contribution in [2.75, 3.05) is 14.2 Å². The van der Waals surface area contributed by atoms with Crippen LogP contribution in [0.4, 0.5) is 0 Å². The number of aliphatic carboxylic acids is 1. The molecule has 1 aliphatic rings. The van der Waals surface area contributed by atoms with Gasteiger partial charge < -0.3 is 14.6 Å². The van der Waals surface area contributed by atoms with Gasteiger partial charge in [0, 0.05) is 5.56 Å². The van der Waals surface area contributed by atoms with Gasteiger partial charge in [-0.3, -0.25) is 4.79 Å². The summed E-state index contributed by atoms with van der Waals surface area (Å²) in [6.07, 6.45) is 3.96. The second-order valence-corrected chi connectivity index (χ2v) is 3.88. The minimum atomic E-state index is -0.822. The lowest BCUT2D eigenvalue weighted by atomic mass is 9.89. The molecule has 1 N–H and O–H groups in total. The molecule has 1 aromatic carbocycles. The highest BCUT2D eigenvalue weighted by Gasteiger charge is 2.24. The first-order valence-corrected chi connectivity index (χ1v) is 5.32. The van der Waals surface area contributed by atoms with Gasteiger partial charge in [0.05, 0.1) is 20.1 Å². The van der Waals surface area contributed by atoms with E-state index >= 15 is 0 Å². The van der Waals surface area contributed by atoms with Crippen molar-refractivity contribution in [3.8, 4) is 11.5 Å². The zero-order chi connectivity index (χ0) is 12.4. The third-order valence-electron chi connectivity index (χ3n) is 2.93. The molecule has 0 spiro atoms. The second-order valence-electron chi connectivity index (χ2n) is 3.88. The Balaban J connectivity index is 2.48. The van der Waals surface area contributed by atoms with Gasteiger partial charge in [0.15, 0.2) is 11.5 Å². The van der Waals surface area contributed by atoms with E-state index in [9.17, 15) is 4.79 Å². The Labute approximate surface area is 99.5 Å². The Morgan fingerprint density at radius 2 is 2.12 bits per heavy atom. The molecule has 90 valence electrons. The standard InChI is InChI=1S/C13H14O4/c1-16-11-6-5-8-3-4-9(13(14)15)7-10(8)12(11)17-2/h3-6,9H,7H2,1-2H3,(H,14,15). The van der Waals surface area contributed by atoms with Crippen LogP contribution in [0.5, 0.6) is 11.5 Å². The Morgan fingerprint density at radius 3 is 2.71 bits per heavy atom. The highest BCUT2D eigenvalue weighted by atomic mass is 16.5. The van der Waals surface area contributed by atoms with Gasteiger partial charge in [0.2, 0.25) is 0 Å². The maximum Gasteiger partial charge on any atom is 0.310 e. The SMILES string of the molecule is COc1ccc2c(c1OC)CC(C(=O)O)C=C2. The van der Waals surface area contributed by atoms with E-state index in [0.717, 1.165) is 11.1 Å². The van der Waals surface area contributed by atoms with E-state index in [-0.39, 0.29) is 0 Å². The van der Waals surface area contributed by atoms with Crippen LogP contribution in [0.15, 0.2) is 18.2 Å². The van der Waals surface area contributed by atoms with E-state index in [2.05, 4.69) is 0 Å². The molecular formula is C13H14O4. The zero-order valence-electron chi connectivity index (χ0n) is 9.77. The van der Waals surface area contributed by atoms with Crippen molar-refractivity contribution in [2.45, 2.75) is 6.42 Å². The first-order valence-electron chi connectivity index (χ1n) is 5.32. The Kier molecular flexibility index (Phi) is 3.04. The Hall–Kier alpha value is -1.97. The average molecular weight is 234 g/mol. The molecule has 0 amide bonds. The normalized spacial score (nSPS) is 17.4. The van der Waals surface area contributed by atoms with Crippen LogP contribution in [0.25, 0.3) is 6.08 Å². The molecule has 0 aliphatic heterocycles. The number of methoxy groups -OCH3 is 2. The topological polar surface area (TPSA) is 55.8 Å². The fraction of sp³-hybridized carbons (Fsp3) is 0.308. The molecule has 0 heterocycles. The lowest BCUT2D eigenvalue weighted by molar-refractivity contribution is -0.140. The fourth-order valence-corrected chi connectivity index (χ4v) is 2.05. The molecule has 4 heteroatoms. The second kappa shape index (κ2) is 4.49. The van der Waals surface area contributed by atoms with Crippen molar-refractivity contribution in [3.63, 3.8) is 0 Å². The molecule has 1 aromatic rings. The first-order chi connectivity index (χ1) is 8.17. The van der Waals surface area contributed by atoms with Crippen LogP contribution in [-0.2, 0) is 11.2 Å². The van der Waals surface area contributed by atoms with Crippen molar-refractivity contribution in [2.24, 2.45) is 5.92 Å². The molecule has 0 saturated carbocycles. The summed E-state index contributed by atoms with van der Waals surface area (Å²) in [6, 6.07) is 3.73. The maximum absolute atomic E-state index is 11.0. The number of carbonyl (C=O) groups is 1. The van der Waals surface area contributed by atoms with Crippen LogP contribution in [-0.4, -0.2) is 25.3 Å². The third-order valence-corrected chi connectivity index (χ3v) is 2.93. The first kappa shape index (κ1) is 11.5. The number of hydrogen-bond acceptors (Lipinski definition) is 3. The van der Waals surface area contributed by atoms with E-state index < -0.39 is 11.9 Å². The van der Waals surface area contributed by atoms with Crippen LogP contribution in [0.3, 0.4) is 0 Å². The largest absolute Gasteiger partial charge is 0.493 e. The highest BCUT2D eigenvalue weighted by Crippen LogP contribution is 2.37. The van der Waals surface area contributed by atoms with Crippen LogP contribution in [0, 0.1) is 5.92 Å². The Bertz CT molecular complexity index is 477. The van der Waals surface area contributed by atoms with Gasteiger partial charge in [-0.1, -0.05) is 18.2 Å². The fourth-order valence-electron chi connectivity index (χ4n) is 2.05. The van der Waals surface area contributed by atoms with Gasteiger partial charge in [-0.15, -0.1) is 0 Å². The quantitative estimate of drug-likeness (QED) is 0.868. The maximum atomic E-state index is 11.0. The van der Waals surface area contributed by atoms with Gasteiger partial charge in [0.1, 0.15) is 0 Å². The van der Waals surface area contributed by atoms with Crippen molar-refractivity contribution < 1.29 is 19.4 Å². The molecule has 0 saturated heterocycles. The van der Waals surface area contributed by atoms with Crippen LogP contribution >= 0.6 is 0 Å². The van der Waals surface area contributed by atoms with E-state index in [4.69, 9.17) is 14.6 Å². The number of carboxylic acid groups (broad SMARTS) is 1. The number of benzene rings is 1. The number of fused-ring (bicyclic) bond motifs is 1. The summed E-state index contributed by atoms with van der Waals surface area (Å²) in [5.41, 5.74) is 1.88. The average Bonchev–Trinajstić information content (AvgIpc) is 2.36. The monoisotopic (exact) mass is 234 g/mol. The molecule has 17 heavy (non-hydrogen) atoms. The molecule has 4 nitrogen and oxygen atoms in total. The number of rotatable bonds is 3. The smallest absolute Gasteiger partial charge is 0.310 e. The summed E-state index contributed by atoms with van der Waals surface area (Å²) in [7, 11) is 3.13. The number of hydrogen-bond donors (Lipinski definition) is 1. The van der Waals surface area contributed by atoms with Gasteiger partial charge in [0.25, 0.3) is 0 Å². The van der Waals surface area contributed by atoms with Gasteiger partial charge >= 0.3 is 5.97 Å². The Morgan fingerprint density at radius 1 is 1.35 bits per heavy atom.